The highest BCUT2D eigenvalue weighted by atomic mass is 32.2. The summed E-state index contributed by atoms with van der Waals surface area (Å²) in [5.74, 6) is 0.711. The number of benzene rings is 2. The Morgan fingerprint density at radius 1 is 1.00 bits per heavy atom. The zero-order valence-corrected chi connectivity index (χ0v) is 23.9. The Morgan fingerprint density at radius 3 is 2.33 bits per heavy atom. The van der Waals surface area contributed by atoms with Crippen molar-refractivity contribution in [1.29, 1.82) is 0 Å². The summed E-state index contributed by atoms with van der Waals surface area (Å²) in [4.78, 5) is 9.38. The van der Waals surface area contributed by atoms with Crippen molar-refractivity contribution in [2.24, 2.45) is 0 Å². The van der Waals surface area contributed by atoms with Crippen LogP contribution in [-0.2, 0) is 27.5 Å². The molecule has 0 bridgehead atoms. The van der Waals surface area contributed by atoms with Crippen LogP contribution in [0.3, 0.4) is 0 Å². The van der Waals surface area contributed by atoms with Crippen molar-refractivity contribution in [3.8, 4) is 34.0 Å². The van der Waals surface area contributed by atoms with Crippen LogP contribution in [0.1, 0.15) is 44.7 Å². The van der Waals surface area contributed by atoms with Crippen LogP contribution >= 0.6 is 0 Å². The number of nitrogens with two attached hydrogens (primary N) is 1. The molecule has 0 atom stereocenters. The van der Waals surface area contributed by atoms with Gasteiger partial charge in [-0.15, -0.1) is 0 Å². The molecule has 0 saturated carbocycles. The molecule has 2 aromatic carbocycles. The Hall–Kier alpha value is -3.60. The third kappa shape index (κ3) is 5.79. The maximum atomic E-state index is 12.5. The van der Waals surface area contributed by atoms with E-state index in [1.165, 1.54) is 5.56 Å². The number of ether oxygens (including phenoxy) is 1. The molecule has 3 N–H and O–H groups in total. The average molecular weight is 562 g/mol. The number of anilines is 1. The summed E-state index contributed by atoms with van der Waals surface area (Å²) in [6, 6.07) is 15.5. The number of nitrogens with one attached hydrogen (secondary N) is 1. The molecule has 2 aromatic heterocycles. The van der Waals surface area contributed by atoms with E-state index < -0.39 is 15.1 Å². The Bertz CT molecular complexity index is 1560. The van der Waals surface area contributed by atoms with Crippen molar-refractivity contribution >= 4 is 15.7 Å². The summed E-state index contributed by atoms with van der Waals surface area (Å²) in [5, 5.41) is 7.50. The molecule has 0 amide bonds. The van der Waals surface area contributed by atoms with Gasteiger partial charge in [-0.1, -0.05) is 48.5 Å². The lowest BCUT2D eigenvalue weighted by Crippen LogP contribution is -2.34. The molecule has 9 nitrogen and oxygen atoms in total. The van der Waals surface area contributed by atoms with Gasteiger partial charge in [0, 0.05) is 42.5 Å². The van der Waals surface area contributed by atoms with Gasteiger partial charge >= 0.3 is 0 Å². The molecule has 3 heterocycles. The number of hydrogen-bond acceptors (Lipinski definition) is 9. The smallest absolute Gasteiger partial charge is 0.192 e. The first kappa shape index (κ1) is 27.9. The van der Waals surface area contributed by atoms with E-state index in [9.17, 15) is 8.42 Å². The molecule has 4 aromatic rings. The van der Waals surface area contributed by atoms with E-state index in [1.54, 1.807) is 44.3 Å². The second-order valence-electron chi connectivity index (χ2n) is 10.3. The summed E-state index contributed by atoms with van der Waals surface area (Å²) in [6.45, 7) is 7.80. The van der Waals surface area contributed by atoms with Crippen LogP contribution < -0.4 is 11.1 Å². The maximum Gasteiger partial charge on any atom is 0.192 e. The molecule has 40 heavy (non-hydrogen) atoms. The molecular weight excluding hydrogens is 526 g/mol. The monoisotopic (exact) mass is 561 g/mol. The summed E-state index contributed by atoms with van der Waals surface area (Å²) in [6.07, 6.45) is 4.31. The van der Waals surface area contributed by atoms with Crippen LogP contribution in [0.15, 0.2) is 64.1 Å². The molecule has 10 heteroatoms. The van der Waals surface area contributed by atoms with Crippen LogP contribution in [-0.4, -0.2) is 48.0 Å². The minimum atomic E-state index is -3.37. The van der Waals surface area contributed by atoms with Crippen molar-refractivity contribution in [1.82, 2.24) is 20.4 Å². The van der Waals surface area contributed by atoms with Crippen molar-refractivity contribution in [3.63, 3.8) is 0 Å². The van der Waals surface area contributed by atoms with Gasteiger partial charge in [-0.25, -0.2) is 18.4 Å². The first-order valence-electron chi connectivity index (χ1n) is 13.6. The lowest BCUT2D eigenvalue weighted by atomic mass is 10.0. The number of rotatable bonds is 9. The van der Waals surface area contributed by atoms with Gasteiger partial charge in [0.25, 0.3) is 0 Å². The van der Waals surface area contributed by atoms with Gasteiger partial charge in [-0.05, 0) is 50.8 Å². The normalized spacial score (nSPS) is 14.6. The van der Waals surface area contributed by atoms with Gasteiger partial charge < -0.3 is 20.3 Å². The molecule has 1 aliphatic heterocycles. The van der Waals surface area contributed by atoms with E-state index in [2.05, 4.69) is 39.7 Å². The minimum Gasteiger partial charge on any atom is -0.382 e. The summed E-state index contributed by atoms with van der Waals surface area (Å²) in [7, 11) is -3.37. The van der Waals surface area contributed by atoms with Crippen LogP contribution in [0.2, 0.25) is 0 Å². The molecule has 0 radical (unpaired) electrons. The molecule has 1 aliphatic rings. The maximum absolute atomic E-state index is 12.5. The average Bonchev–Trinajstić information content (AvgIpc) is 3.41. The summed E-state index contributed by atoms with van der Waals surface area (Å²) >= 11 is 0. The number of hydrogen-bond donors (Lipinski definition) is 2. The number of nitrogen functional groups attached to an aromatic ring is 1. The number of sulfone groups is 1. The fourth-order valence-corrected chi connectivity index (χ4v) is 5.85. The van der Waals surface area contributed by atoms with Gasteiger partial charge in [0.05, 0.1) is 22.0 Å². The second kappa shape index (κ2) is 11.9. The Kier molecular flexibility index (Phi) is 8.30. The fraction of sp³-hybridized carbons (Fsp3) is 0.367. The number of nitrogens with zero attached hydrogens (tertiary/aromatic N) is 3. The summed E-state index contributed by atoms with van der Waals surface area (Å²) in [5.41, 5.74) is 11.7. The first-order valence-corrected chi connectivity index (χ1v) is 15.2. The highest BCUT2D eigenvalue weighted by Crippen LogP contribution is 2.35. The fourth-order valence-electron chi connectivity index (χ4n) is 4.79. The van der Waals surface area contributed by atoms with Crippen molar-refractivity contribution in [3.05, 3.63) is 65.9 Å². The molecule has 0 aliphatic carbocycles. The minimum absolute atomic E-state index is 0.231. The van der Waals surface area contributed by atoms with Crippen molar-refractivity contribution < 1.29 is 17.7 Å². The predicted octanol–water partition coefficient (Wildman–Crippen LogP) is 5.06. The van der Waals surface area contributed by atoms with Crippen LogP contribution in [0, 0.1) is 0 Å². The lowest BCUT2D eigenvalue weighted by molar-refractivity contribution is 0.0776. The zero-order valence-electron chi connectivity index (χ0n) is 23.1. The SMILES string of the molecule is CCc1c(-c2ccc(CNC3CCOCC3)cc2)noc1-c1nc(-c2ccc(S(=O)(=O)C(C)C)cc2)cnc1N. The molecule has 0 unspecified atom stereocenters. The predicted molar refractivity (Wildman–Crippen MR) is 155 cm³/mol. The van der Waals surface area contributed by atoms with E-state index in [4.69, 9.17) is 20.0 Å². The van der Waals surface area contributed by atoms with Gasteiger partial charge in [-0.2, -0.15) is 0 Å². The molecular formula is C30H35N5O4S. The van der Waals surface area contributed by atoms with E-state index in [1.807, 2.05) is 6.92 Å². The van der Waals surface area contributed by atoms with Crippen LogP contribution in [0.25, 0.3) is 34.0 Å². The van der Waals surface area contributed by atoms with E-state index >= 15 is 0 Å². The topological polar surface area (TPSA) is 133 Å². The Morgan fingerprint density at radius 2 is 1.68 bits per heavy atom. The van der Waals surface area contributed by atoms with Crippen molar-refractivity contribution in [2.45, 2.75) is 62.8 Å². The van der Waals surface area contributed by atoms with Gasteiger partial charge in [0.1, 0.15) is 5.69 Å². The van der Waals surface area contributed by atoms with Gasteiger partial charge in [-0.3, -0.25) is 0 Å². The quantitative estimate of drug-likeness (QED) is 0.288. The third-order valence-corrected chi connectivity index (χ3v) is 9.47. The molecule has 1 fully saturated rings. The molecule has 0 spiro atoms. The van der Waals surface area contributed by atoms with E-state index in [0.29, 0.717) is 29.6 Å². The Balaban J connectivity index is 1.39. The summed E-state index contributed by atoms with van der Waals surface area (Å²) < 4.78 is 36.2. The molecule has 5 rings (SSSR count). The molecule has 210 valence electrons. The van der Waals surface area contributed by atoms with Crippen molar-refractivity contribution in [2.75, 3.05) is 18.9 Å². The van der Waals surface area contributed by atoms with Gasteiger partial charge in [0.2, 0.25) is 0 Å². The second-order valence-corrected chi connectivity index (χ2v) is 12.8. The lowest BCUT2D eigenvalue weighted by Gasteiger charge is -2.23. The standard InChI is InChI=1S/C30H35N5O4S/c1-4-25-27(22-7-5-20(6-8-22)17-32-23-13-15-38-16-14-23)35-39-29(25)28-30(31)33-18-26(34-28)21-9-11-24(12-10-21)40(36,37)19(2)3/h5-12,18-19,23,32H,4,13-17H2,1-3H3,(H2,31,33). The number of aromatic nitrogens is 3. The van der Waals surface area contributed by atoms with E-state index in [0.717, 1.165) is 55.0 Å². The largest absolute Gasteiger partial charge is 0.382 e. The van der Waals surface area contributed by atoms with Gasteiger partial charge in [0.15, 0.2) is 27.1 Å². The Labute approximate surface area is 235 Å². The zero-order chi connectivity index (χ0) is 28.3. The highest BCUT2D eigenvalue weighted by molar-refractivity contribution is 7.92. The third-order valence-electron chi connectivity index (χ3n) is 7.30. The highest BCUT2D eigenvalue weighted by Gasteiger charge is 2.23. The van der Waals surface area contributed by atoms with E-state index in [-0.39, 0.29) is 10.7 Å². The van der Waals surface area contributed by atoms with Crippen LogP contribution in [0.4, 0.5) is 5.82 Å². The first-order chi connectivity index (χ1) is 19.3. The molecule has 1 saturated heterocycles. The van der Waals surface area contributed by atoms with Crippen LogP contribution in [0.5, 0.6) is 0 Å².